The summed E-state index contributed by atoms with van der Waals surface area (Å²) in [6, 6.07) is 13.3. The summed E-state index contributed by atoms with van der Waals surface area (Å²) in [5, 5.41) is 3.15. The van der Waals surface area contributed by atoms with Crippen LogP contribution in [0.4, 0.5) is 15.8 Å². The lowest BCUT2D eigenvalue weighted by atomic mass is 10.3. The molecule has 2 aromatic carbocycles. The van der Waals surface area contributed by atoms with Gasteiger partial charge in [-0.15, -0.1) is 0 Å². The summed E-state index contributed by atoms with van der Waals surface area (Å²) in [6.45, 7) is 0.0801. The van der Waals surface area contributed by atoms with Gasteiger partial charge in [-0.3, -0.25) is 4.79 Å². The Hall–Kier alpha value is -2.07. The second kappa shape index (κ2) is 6.39. The van der Waals surface area contributed by atoms with Crippen molar-refractivity contribution in [1.82, 2.24) is 0 Å². The molecule has 1 N–H and O–H groups in total. The van der Waals surface area contributed by atoms with Crippen LogP contribution in [0.2, 0.25) is 5.02 Å². The van der Waals surface area contributed by atoms with Gasteiger partial charge in [0.25, 0.3) is 0 Å². The van der Waals surface area contributed by atoms with Crippen molar-refractivity contribution in [3.8, 4) is 0 Å². The molecule has 0 fully saturated rings. The number of hydrogen-bond donors (Lipinski definition) is 1. The molecule has 0 radical (unpaired) electrons. The molecular formula is C15H14ClFN2O. The lowest BCUT2D eigenvalue weighted by molar-refractivity contribution is -0.116. The molecule has 0 bridgehead atoms. The number of anilines is 2. The van der Waals surface area contributed by atoms with Gasteiger partial charge in [-0.25, -0.2) is 4.39 Å². The molecule has 20 heavy (non-hydrogen) atoms. The van der Waals surface area contributed by atoms with Crippen molar-refractivity contribution in [2.45, 2.75) is 0 Å². The molecule has 104 valence electrons. The Kier molecular flexibility index (Phi) is 4.58. The minimum atomic E-state index is -0.409. The van der Waals surface area contributed by atoms with Crippen LogP contribution in [0.5, 0.6) is 0 Å². The molecule has 2 rings (SSSR count). The zero-order valence-electron chi connectivity index (χ0n) is 10.9. The van der Waals surface area contributed by atoms with E-state index in [9.17, 15) is 9.18 Å². The first-order chi connectivity index (χ1) is 9.58. The molecular weight excluding hydrogens is 279 g/mol. The number of hydrogen-bond acceptors (Lipinski definition) is 2. The van der Waals surface area contributed by atoms with Crippen LogP contribution in [0.15, 0.2) is 48.5 Å². The zero-order chi connectivity index (χ0) is 14.5. The molecule has 3 nitrogen and oxygen atoms in total. The third-order valence-electron chi connectivity index (χ3n) is 2.88. The average Bonchev–Trinajstić information content (AvgIpc) is 2.46. The number of para-hydroxylation sites is 1. The molecule has 5 heteroatoms. The Morgan fingerprint density at radius 2 is 1.95 bits per heavy atom. The van der Waals surface area contributed by atoms with E-state index < -0.39 is 5.82 Å². The fourth-order valence-electron chi connectivity index (χ4n) is 1.72. The van der Waals surface area contributed by atoms with Gasteiger partial charge in [0.2, 0.25) is 5.91 Å². The SMILES string of the molecule is CN(C(=O)CNc1ccc(F)cc1Cl)c1ccccc1. The molecule has 0 aromatic heterocycles. The van der Waals surface area contributed by atoms with Gasteiger partial charge < -0.3 is 10.2 Å². The molecule has 0 atom stereocenters. The normalized spacial score (nSPS) is 10.2. The lowest BCUT2D eigenvalue weighted by Gasteiger charge is -2.18. The van der Waals surface area contributed by atoms with Crippen molar-refractivity contribution in [2.75, 3.05) is 23.8 Å². The molecule has 0 spiro atoms. The largest absolute Gasteiger partial charge is 0.375 e. The van der Waals surface area contributed by atoms with Crippen molar-refractivity contribution in [1.29, 1.82) is 0 Å². The van der Waals surface area contributed by atoms with Crippen molar-refractivity contribution in [3.05, 3.63) is 59.4 Å². The van der Waals surface area contributed by atoms with Crippen LogP contribution >= 0.6 is 11.6 Å². The van der Waals surface area contributed by atoms with Crippen molar-refractivity contribution in [2.24, 2.45) is 0 Å². The van der Waals surface area contributed by atoms with Gasteiger partial charge in [-0.2, -0.15) is 0 Å². The first-order valence-electron chi connectivity index (χ1n) is 6.08. The van der Waals surface area contributed by atoms with E-state index in [2.05, 4.69) is 5.32 Å². The lowest BCUT2D eigenvalue weighted by Crippen LogP contribution is -2.32. The molecule has 1 amide bonds. The Morgan fingerprint density at radius 1 is 1.25 bits per heavy atom. The average molecular weight is 293 g/mol. The second-order valence-electron chi connectivity index (χ2n) is 4.27. The maximum absolute atomic E-state index is 12.9. The number of halogens is 2. The molecule has 0 unspecified atom stereocenters. The molecule has 2 aromatic rings. The Morgan fingerprint density at radius 3 is 2.60 bits per heavy atom. The summed E-state index contributed by atoms with van der Waals surface area (Å²) in [5.41, 5.74) is 1.34. The number of carbonyl (C=O) groups excluding carboxylic acids is 1. The van der Waals surface area contributed by atoms with E-state index in [1.165, 1.54) is 18.2 Å². The van der Waals surface area contributed by atoms with Gasteiger partial charge in [-0.1, -0.05) is 29.8 Å². The van der Waals surface area contributed by atoms with Gasteiger partial charge in [0.15, 0.2) is 0 Å². The number of nitrogens with zero attached hydrogens (tertiary/aromatic N) is 1. The minimum absolute atomic E-state index is 0.0801. The Labute approximate surface area is 122 Å². The maximum Gasteiger partial charge on any atom is 0.246 e. The van der Waals surface area contributed by atoms with Crippen LogP contribution < -0.4 is 10.2 Å². The summed E-state index contributed by atoms with van der Waals surface area (Å²) in [7, 11) is 1.70. The van der Waals surface area contributed by atoms with Crippen LogP contribution in [-0.4, -0.2) is 19.5 Å². The van der Waals surface area contributed by atoms with E-state index in [0.717, 1.165) is 5.69 Å². The van der Waals surface area contributed by atoms with E-state index in [4.69, 9.17) is 11.6 Å². The maximum atomic E-state index is 12.9. The monoisotopic (exact) mass is 292 g/mol. The van der Waals surface area contributed by atoms with Crippen LogP contribution in [-0.2, 0) is 4.79 Å². The quantitative estimate of drug-likeness (QED) is 0.934. The van der Waals surface area contributed by atoms with E-state index in [1.807, 2.05) is 30.3 Å². The molecule has 0 heterocycles. The fourth-order valence-corrected chi connectivity index (χ4v) is 1.95. The standard InChI is InChI=1S/C15H14ClFN2O/c1-19(12-5-3-2-4-6-12)15(20)10-18-14-8-7-11(17)9-13(14)16/h2-9,18H,10H2,1H3. The van der Waals surface area contributed by atoms with Crippen molar-refractivity contribution in [3.63, 3.8) is 0 Å². The summed E-state index contributed by atoms with van der Waals surface area (Å²) in [6.07, 6.45) is 0. The molecule has 0 aliphatic rings. The first-order valence-corrected chi connectivity index (χ1v) is 6.46. The van der Waals surface area contributed by atoms with E-state index in [0.29, 0.717) is 5.69 Å². The highest BCUT2D eigenvalue weighted by Gasteiger charge is 2.11. The number of benzene rings is 2. The third kappa shape index (κ3) is 3.48. The fraction of sp³-hybridized carbons (Fsp3) is 0.133. The summed E-state index contributed by atoms with van der Waals surface area (Å²) >= 11 is 5.88. The third-order valence-corrected chi connectivity index (χ3v) is 3.19. The predicted molar refractivity (Wildman–Crippen MR) is 79.8 cm³/mol. The van der Waals surface area contributed by atoms with Crippen LogP contribution in [0.25, 0.3) is 0 Å². The van der Waals surface area contributed by atoms with Gasteiger partial charge >= 0.3 is 0 Å². The zero-order valence-corrected chi connectivity index (χ0v) is 11.7. The van der Waals surface area contributed by atoms with E-state index in [-0.39, 0.29) is 17.5 Å². The van der Waals surface area contributed by atoms with Crippen molar-refractivity contribution < 1.29 is 9.18 Å². The van der Waals surface area contributed by atoms with Gasteiger partial charge in [-0.05, 0) is 30.3 Å². The summed E-state index contributed by atoms with van der Waals surface area (Å²) in [4.78, 5) is 13.6. The van der Waals surface area contributed by atoms with Crippen molar-refractivity contribution >= 4 is 28.9 Å². The highest BCUT2D eigenvalue weighted by atomic mass is 35.5. The number of nitrogens with one attached hydrogen (secondary N) is 1. The molecule has 0 saturated heterocycles. The first kappa shape index (κ1) is 14.3. The van der Waals surface area contributed by atoms with E-state index >= 15 is 0 Å². The van der Waals surface area contributed by atoms with Crippen LogP contribution in [0.1, 0.15) is 0 Å². The van der Waals surface area contributed by atoms with E-state index in [1.54, 1.807) is 11.9 Å². The second-order valence-corrected chi connectivity index (χ2v) is 4.67. The Bertz CT molecular complexity index is 604. The number of rotatable bonds is 4. The summed E-state index contributed by atoms with van der Waals surface area (Å²) < 4.78 is 12.9. The topological polar surface area (TPSA) is 32.3 Å². The predicted octanol–water partition coefficient (Wildman–Crippen LogP) is 3.55. The number of carbonyl (C=O) groups is 1. The number of likely N-dealkylation sites (N-methyl/N-ethyl adjacent to an activating group) is 1. The molecule has 0 saturated carbocycles. The van der Waals surface area contributed by atoms with Gasteiger partial charge in [0, 0.05) is 12.7 Å². The summed E-state index contributed by atoms with van der Waals surface area (Å²) in [5.74, 6) is -0.523. The Balaban J connectivity index is 1.98. The smallest absolute Gasteiger partial charge is 0.246 e. The molecule has 0 aliphatic heterocycles. The highest BCUT2D eigenvalue weighted by Crippen LogP contribution is 2.22. The highest BCUT2D eigenvalue weighted by molar-refractivity contribution is 6.33. The minimum Gasteiger partial charge on any atom is -0.375 e. The van der Waals surface area contributed by atoms with Gasteiger partial charge in [0.05, 0.1) is 17.3 Å². The van der Waals surface area contributed by atoms with Crippen LogP contribution in [0, 0.1) is 5.82 Å². The number of amides is 1. The van der Waals surface area contributed by atoms with Crippen LogP contribution in [0.3, 0.4) is 0 Å². The molecule has 0 aliphatic carbocycles. The van der Waals surface area contributed by atoms with Gasteiger partial charge in [0.1, 0.15) is 5.82 Å².